The molecular weight excluding hydrogens is 378 g/mol. The lowest BCUT2D eigenvalue weighted by Gasteiger charge is -2.24. The molecule has 0 saturated carbocycles. The Morgan fingerprint density at radius 3 is 2.77 bits per heavy atom. The number of anilines is 1. The maximum absolute atomic E-state index is 10.9. The van der Waals surface area contributed by atoms with Gasteiger partial charge in [0.2, 0.25) is 12.4 Å². The molecule has 7 heteroatoms. The van der Waals surface area contributed by atoms with E-state index in [0.29, 0.717) is 24.6 Å². The number of rotatable bonds is 6. The summed E-state index contributed by atoms with van der Waals surface area (Å²) in [5.41, 5.74) is 7.53. The number of guanidine groups is 1. The molecule has 1 aliphatic heterocycles. The standard InChI is InChI=1S/C23H23N5O2/c1-16-8-9-19(30-2)14-20(16)18-10-11-24-21(13-18)28-22(26-23(27-28)25-15-29)12-17-6-4-3-5-7-17/h3-11,13-15,22H,12H2,1-2H3,(H2,25,26,27,29). The number of benzene rings is 2. The van der Waals surface area contributed by atoms with Crippen LogP contribution >= 0.6 is 0 Å². The molecule has 1 unspecified atom stereocenters. The number of nitrogens with one attached hydrogen (secondary N) is 2. The van der Waals surface area contributed by atoms with E-state index in [1.165, 1.54) is 0 Å². The second-order valence-electron chi connectivity index (χ2n) is 6.98. The molecule has 1 amide bonds. The smallest absolute Gasteiger partial charge is 0.219 e. The maximum atomic E-state index is 10.9. The first-order chi connectivity index (χ1) is 14.7. The van der Waals surface area contributed by atoms with Crippen molar-refractivity contribution < 1.29 is 9.53 Å². The molecule has 7 nitrogen and oxygen atoms in total. The van der Waals surface area contributed by atoms with Crippen LogP contribution in [0.25, 0.3) is 11.1 Å². The predicted molar refractivity (Wildman–Crippen MR) is 117 cm³/mol. The van der Waals surface area contributed by atoms with Gasteiger partial charge in [0.15, 0.2) is 0 Å². The third-order valence-electron chi connectivity index (χ3n) is 5.01. The fraction of sp³-hybridized carbons (Fsp3) is 0.174. The zero-order chi connectivity index (χ0) is 20.9. The molecule has 2 heterocycles. The van der Waals surface area contributed by atoms with Crippen molar-refractivity contribution in [3.8, 4) is 16.9 Å². The monoisotopic (exact) mass is 401 g/mol. The van der Waals surface area contributed by atoms with Gasteiger partial charge in [-0.25, -0.2) is 15.0 Å². The lowest BCUT2D eigenvalue weighted by molar-refractivity contribution is -0.108. The highest BCUT2D eigenvalue weighted by molar-refractivity contribution is 5.91. The fourth-order valence-electron chi connectivity index (χ4n) is 3.48. The van der Waals surface area contributed by atoms with Gasteiger partial charge in [0.25, 0.3) is 0 Å². The topological polar surface area (TPSA) is 78.9 Å². The summed E-state index contributed by atoms with van der Waals surface area (Å²) in [4.78, 5) is 20.1. The first-order valence-electron chi connectivity index (χ1n) is 9.67. The van der Waals surface area contributed by atoms with Gasteiger partial charge in [0.05, 0.1) is 7.11 Å². The minimum absolute atomic E-state index is 0.246. The highest BCUT2D eigenvalue weighted by Gasteiger charge is 2.28. The zero-order valence-electron chi connectivity index (χ0n) is 16.9. The number of pyridine rings is 1. The number of ether oxygens (including phenoxy) is 1. The van der Waals surface area contributed by atoms with Crippen LogP contribution in [0.3, 0.4) is 0 Å². The minimum atomic E-state index is -0.246. The van der Waals surface area contributed by atoms with E-state index in [-0.39, 0.29) is 6.17 Å². The van der Waals surface area contributed by atoms with Crippen LogP contribution in [0.5, 0.6) is 5.75 Å². The van der Waals surface area contributed by atoms with Crippen molar-refractivity contribution in [3.63, 3.8) is 0 Å². The van der Waals surface area contributed by atoms with Crippen LogP contribution in [0.4, 0.5) is 5.82 Å². The molecule has 30 heavy (non-hydrogen) atoms. The van der Waals surface area contributed by atoms with Crippen molar-refractivity contribution in [2.75, 3.05) is 12.1 Å². The van der Waals surface area contributed by atoms with Crippen molar-refractivity contribution in [2.45, 2.75) is 19.5 Å². The SMILES string of the molecule is COc1ccc(C)c(-c2ccnc(N3NC(NC=O)=NC3Cc3ccccc3)c2)c1. The first-order valence-corrected chi connectivity index (χ1v) is 9.67. The van der Waals surface area contributed by atoms with Crippen molar-refractivity contribution in [1.29, 1.82) is 0 Å². The van der Waals surface area contributed by atoms with E-state index < -0.39 is 0 Å². The van der Waals surface area contributed by atoms with Gasteiger partial charge < -0.3 is 4.74 Å². The van der Waals surface area contributed by atoms with Crippen molar-refractivity contribution >= 4 is 18.2 Å². The molecule has 0 aliphatic carbocycles. The molecule has 0 spiro atoms. The summed E-state index contributed by atoms with van der Waals surface area (Å²) in [6.45, 7) is 2.07. The van der Waals surface area contributed by atoms with E-state index in [9.17, 15) is 4.79 Å². The maximum Gasteiger partial charge on any atom is 0.219 e. The highest BCUT2D eigenvalue weighted by atomic mass is 16.5. The Kier molecular flexibility index (Phi) is 5.61. The number of carbonyl (C=O) groups excluding carboxylic acids is 1. The third kappa shape index (κ3) is 4.10. The number of hydrazine groups is 1. The molecule has 3 aromatic rings. The molecular formula is C23H23N5O2. The lowest BCUT2D eigenvalue weighted by atomic mass is 10.0. The molecule has 4 rings (SSSR count). The number of methoxy groups -OCH3 is 1. The number of hydrogen-bond acceptors (Lipinski definition) is 6. The Morgan fingerprint density at radius 1 is 1.17 bits per heavy atom. The van der Waals surface area contributed by atoms with E-state index in [2.05, 4.69) is 39.8 Å². The third-order valence-corrected chi connectivity index (χ3v) is 5.01. The summed E-state index contributed by atoms with van der Waals surface area (Å²) >= 11 is 0. The van der Waals surface area contributed by atoms with Crippen LogP contribution in [0.15, 0.2) is 71.9 Å². The number of aryl methyl sites for hydroxylation is 1. The average molecular weight is 401 g/mol. The number of carbonyl (C=O) groups is 1. The van der Waals surface area contributed by atoms with E-state index in [4.69, 9.17) is 4.74 Å². The summed E-state index contributed by atoms with van der Waals surface area (Å²) in [5.74, 6) is 1.91. The largest absolute Gasteiger partial charge is 0.497 e. The first kappa shape index (κ1) is 19.4. The van der Waals surface area contributed by atoms with Gasteiger partial charge >= 0.3 is 0 Å². The number of amides is 1. The summed E-state index contributed by atoms with van der Waals surface area (Å²) in [7, 11) is 1.66. The molecule has 0 radical (unpaired) electrons. The van der Waals surface area contributed by atoms with E-state index in [1.54, 1.807) is 13.3 Å². The average Bonchev–Trinajstić information content (AvgIpc) is 3.17. The molecule has 0 saturated heterocycles. The Bertz CT molecular complexity index is 1070. The summed E-state index contributed by atoms with van der Waals surface area (Å²) in [6.07, 6.45) is 2.81. The molecule has 2 aromatic carbocycles. The van der Waals surface area contributed by atoms with Gasteiger partial charge in [0, 0.05) is 12.6 Å². The van der Waals surface area contributed by atoms with E-state index in [1.807, 2.05) is 53.5 Å². The summed E-state index contributed by atoms with van der Waals surface area (Å²) < 4.78 is 5.39. The normalized spacial score (nSPS) is 15.3. The molecule has 0 bridgehead atoms. The second kappa shape index (κ2) is 8.65. The number of nitrogens with zero attached hydrogens (tertiary/aromatic N) is 3. The summed E-state index contributed by atoms with van der Waals surface area (Å²) in [6, 6.07) is 20.1. The molecule has 1 aromatic heterocycles. The van der Waals surface area contributed by atoms with Crippen molar-refractivity contribution in [1.82, 2.24) is 15.7 Å². The van der Waals surface area contributed by atoms with Crippen LogP contribution in [0.2, 0.25) is 0 Å². The van der Waals surface area contributed by atoms with Gasteiger partial charge in [-0.05, 0) is 53.4 Å². The predicted octanol–water partition coefficient (Wildman–Crippen LogP) is 3.06. The van der Waals surface area contributed by atoms with Crippen LogP contribution in [0, 0.1) is 6.92 Å². The van der Waals surface area contributed by atoms with Crippen LogP contribution in [-0.2, 0) is 11.2 Å². The van der Waals surface area contributed by atoms with Gasteiger partial charge in [-0.1, -0.05) is 36.4 Å². The van der Waals surface area contributed by atoms with Crippen molar-refractivity contribution in [3.05, 3.63) is 78.0 Å². The molecule has 152 valence electrons. The Morgan fingerprint density at radius 2 is 2.00 bits per heavy atom. The second-order valence-corrected chi connectivity index (χ2v) is 6.98. The van der Waals surface area contributed by atoms with Gasteiger partial charge in [-0.15, -0.1) is 0 Å². The highest BCUT2D eigenvalue weighted by Crippen LogP contribution is 2.30. The van der Waals surface area contributed by atoms with Crippen LogP contribution < -0.4 is 20.5 Å². The Labute approximate surface area is 175 Å². The van der Waals surface area contributed by atoms with E-state index >= 15 is 0 Å². The Balaban J connectivity index is 1.66. The quantitative estimate of drug-likeness (QED) is 0.621. The minimum Gasteiger partial charge on any atom is -0.497 e. The Hall–Kier alpha value is -3.87. The van der Waals surface area contributed by atoms with Gasteiger partial charge in [-0.3, -0.25) is 15.5 Å². The molecule has 1 aliphatic rings. The van der Waals surface area contributed by atoms with E-state index in [0.717, 1.165) is 28.0 Å². The molecule has 0 fully saturated rings. The van der Waals surface area contributed by atoms with Gasteiger partial charge in [-0.2, -0.15) is 0 Å². The summed E-state index contributed by atoms with van der Waals surface area (Å²) in [5, 5.41) is 4.48. The fourth-order valence-corrected chi connectivity index (χ4v) is 3.48. The van der Waals surface area contributed by atoms with Gasteiger partial charge in [0.1, 0.15) is 17.7 Å². The lowest BCUT2D eigenvalue weighted by Crippen LogP contribution is -2.46. The van der Waals surface area contributed by atoms with Crippen LogP contribution in [-0.4, -0.2) is 30.6 Å². The number of aliphatic imine (C=N–C) groups is 1. The number of aromatic nitrogens is 1. The number of hydrogen-bond donors (Lipinski definition) is 2. The van der Waals surface area contributed by atoms with Crippen molar-refractivity contribution in [2.24, 2.45) is 4.99 Å². The molecule has 1 atom stereocenters. The zero-order valence-corrected chi connectivity index (χ0v) is 16.9. The van der Waals surface area contributed by atoms with Crippen LogP contribution in [0.1, 0.15) is 11.1 Å². The molecule has 2 N–H and O–H groups in total.